The smallest absolute Gasteiger partial charge is 0.0966 e. The number of nitrogens with zero attached hydrogens (tertiary/aromatic N) is 1. The van der Waals surface area contributed by atoms with Crippen molar-refractivity contribution in [3.63, 3.8) is 0 Å². The van der Waals surface area contributed by atoms with Crippen molar-refractivity contribution in [1.29, 1.82) is 0 Å². The quantitative estimate of drug-likeness (QED) is 0.398. The molecule has 1 saturated carbocycles. The van der Waals surface area contributed by atoms with Crippen LogP contribution < -0.4 is 5.73 Å². The second-order valence-corrected chi connectivity index (χ2v) is 4.35. The number of rotatable bonds is 2. The highest BCUT2D eigenvalue weighted by atomic mass is 14.9. The lowest BCUT2D eigenvalue weighted by atomic mass is 10.1. The molecule has 0 spiro atoms. The van der Waals surface area contributed by atoms with E-state index in [1.54, 1.807) is 0 Å². The molecule has 0 bridgehead atoms. The molecule has 1 aliphatic carbocycles. The van der Waals surface area contributed by atoms with Crippen LogP contribution in [0.25, 0.3) is 0 Å². The molecular formula is C11H22N2. The van der Waals surface area contributed by atoms with Gasteiger partial charge in [-0.25, -0.2) is 0 Å². The first-order valence-electron chi connectivity index (χ1n) is 5.53. The first-order valence-corrected chi connectivity index (χ1v) is 5.53. The van der Waals surface area contributed by atoms with Crippen molar-refractivity contribution < 1.29 is 0 Å². The highest BCUT2D eigenvalue weighted by Crippen LogP contribution is 2.20. The van der Waals surface area contributed by atoms with Gasteiger partial charge in [-0.3, -0.25) is 4.99 Å². The maximum atomic E-state index is 5.85. The van der Waals surface area contributed by atoms with E-state index in [4.69, 9.17) is 5.73 Å². The molecule has 0 unspecified atom stereocenters. The van der Waals surface area contributed by atoms with Crippen molar-refractivity contribution in [2.24, 2.45) is 16.6 Å². The second-order valence-electron chi connectivity index (χ2n) is 4.35. The summed E-state index contributed by atoms with van der Waals surface area (Å²) < 4.78 is 0. The van der Waals surface area contributed by atoms with Gasteiger partial charge in [0, 0.05) is 5.92 Å². The Kier molecular flexibility index (Phi) is 4.26. The lowest BCUT2D eigenvalue weighted by Gasteiger charge is -2.11. The molecule has 1 aliphatic rings. The van der Waals surface area contributed by atoms with E-state index in [0.717, 1.165) is 5.84 Å². The molecule has 0 aromatic heterocycles. The predicted octanol–water partition coefficient (Wildman–Crippen LogP) is 2.72. The summed E-state index contributed by atoms with van der Waals surface area (Å²) >= 11 is 0. The fourth-order valence-corrected chi connectivity index (χ4v) is 1.75. The van der Waals surface area contributed by atoms with Crippen LogP contribution >= 0.6 is 0 Å². The molecule has 2 heteroatoms. The van der Waals surface area contributed by atoms with Gasteiger partial charge >= 0.3 is 0 Å². The largest absolute Gasteiger partial charge is 0.387 e. The lowest BCUT2D eigenvalue weighted by Crippen LogP contribution is -2.22. The van der Waals surface area contributed by atoms with Gasteiger partial charge in [-0.15, -0.1) is 0 Å². The van der Waals surface area contributed by atoms with E-state index in [1.165, 1.54) is 38.5 Å². The predicted molar refractivity (Wildman–Crippen MR) is 58.0 cm³/mol. The van der Waals surface area contributed by atoms with E-state index >= 15 is 0 Å². The topological polar surface area (TPSA) is 38.4 Å². The number of nitrogens with two attached hydrogens (primary N) is 1. The van der Waals surface area contributed by atoms with Crippen molar-refractivity contribution in [2.75, 3.05) is 0 Å². The third-order valence-corrected chi connectivity index (χ3v) is 2.75. The monoisotopic (exact) mass is 182 g/mol. The van der Waals surface area contributed by atoms with Crippen LogP contribution in [-0.4, -0.2) is 11.9 Å². The van der Waals surface area contributed by atoms with E-state index in [-0.39, 0.29) is 0 Å². The summed E-state index contributed by atoms with van der Waals surface area (Å²) in [4.78, 5) is 4.59. The molecule has 1 fully saturated rings. The molecule has 76 valence electrons. The van der Waals surface area contributed by atoms with Crippen LogP contribution in [0.3, 0.4) is 0 Å². The van der Waals surface area contributed by atoms with Gasteiger partial charge in [-0.05, 0) is 12.8 Å². The Labute approximate surface area is 81.6 Å². The van der Waals surface area contributed by atoms with Gasteiger partial charge in [-0.1, -0.05) is 39.5 Å². The van der Waals surface area contributed by atoms with Crippen LogP contribution in [0.4, 0.5) is 0 Å². The standard InChI is InChI=1S/C11H22N2/c1-9(2)11(12)13-10-7-5-3-4-6-8-10/h9-10H,3-8H2,1-2H3,(H2,12,13). The van der Waals surface area contributed by atoms with Crippen molar-refractivity contribution in [3.05, 3.63) is 0 Å². The molecule has 0 aromatic rings. The normalized spacial score (nSPS) is 21.9. The van der Waals surface area contributed by atoms with Crippen LogP contribution in [0.1, 0.15) is 52.4 Å². The molecule has 0 aromatic carbocycles. The molecular weight excluding hydrogens is 160 g/mol. The highest BCUT2D eigenvalue weighted by molar-refractivity contribution is 5.82. The summed E-state index contributed by atoms with van der Waals surface area (Å²) in [5, 5.41) is 0. The lowest BCUT2D eigenvalue weighted by molar-refractivity contribution is 0.580. The highest BCUT2D eigenvalue weighted by Gasteiger charge is 2.11. The van der Waals surface area contributed by atoms with Gasteiger partial charge < -0.3 is 5.73 Å². The van der Waals surface area contributed by atoms with Crippen LogP contribution in [0, 0.1) is 5.92 Å². The van der Waals surface area contributed by atoms with E-state index in [0.29, 0.717) is 12.0 Å². The summed E-state index contributed by atoms with van der Waals surface area (Å²) in [6.07, 6.45) is 7.92. The Hall–Kier alpha value is -0.530. The van der Waals surface area contributed by atoms with Gasteiger partial charge in [0.15, 0.2) is 0 Å². The van der Waals surface area contributed by atoms with Gasteiger partial charge in [0.2, 0.25) is 0 Å². The van der Waals surface area contributed by atoms with Gasteiger partial charge in [0.05, 0.1) is 11.9 Å². The van der Waals surface area contributed by atoms with Gasteiger partial charge in [0.25, 0.3) is 0 Å². The Bertz CT molecular complexity index is 165. The fourth-order valence-electron chi connectivity index (χ4n) is 1.75. The van der Waals surface area contributed by atoms with Gasteiger partial charge in [-0.2, -0.15) is 0 Å². The zero-order valence-corrected chi connectivity index (χ0v) is 8.92. The molecule has 2 nitrogen and oxygen atoms in total. The maximum Gasteiger partial charge on any atom is 0.0966 e. The minimum atomic E-state index is 0.406. The van der Waals surface area contributed by atoms with Crippen molar-refractivity contribution in [1.82, 2.24) is 0 Å². The first-order chi connectivity index (χ1) is 6.20. The SMILES string of the molecule is CC(C)C(N)=NC1CCCCCC1. The van der Waals surface area contributed by atoms with Crippen molar-refractivity contribution >= 4 is 5.84 Å². The Morgan fingerprint density at radius 3 is 2.15 bits per heavy atom. The van der Waals surface area contributed by atoms with E-state index in [2.05, 4.69) is 18.8 Å². The summed E-state index contributed by atoms with van der Waals surface area (Å²) in [6.45, 7) is 4.21. The Morgan fingerprint density at radius 1 is 1.15 bits per heavy atom. The summed E-state index contributed by atoms with van der Waals surface area (Å²) in [5.74, 6) is 1.25. The second kappa shape index (κ2) is 5.25. The van der Waals surface area contributed by atoms with Crippen molar-refractivity contribution in [2.45, 2.75) is 58.4 Å². The van der Waals surface area contributed by atoms with Gasteiger partial charge in [0.1, 0.15) is 0 Å². The number of aliphatic imine (C=N–C) groups is 1. The van der Waals surface area contributed by atoms with Crippen LogP contribution in [0.2, 0.25) is 0 Å². The van der Waals surface area contributed by atoms with E-state index in [1.807, 2.05) is 0 Å². The fraction of sp³-hybridized carbons (Fsp3) is 0.909. The molecule has 0 heterocycles. The van der Waals surface area contributed by atoms with E-state index in [9.17, 15) is 0 Å². The Balaban J connectivity index is 2.45. The average Bonchev–Trinajstić information content (AvgIpc) is 2.32. The number of hydrogen-bond acceptors (Lipinski definition) is 1. The molecule has 0 atom stereocenters. The summed E-state index contributed by atoms with van der Waals surface area (Å²) in [7, 11) is 0. The molecule has 13 heavy (non-hydrogen) atoms. The summed E-state index contributed by atoms with van der Waals surface area (Å²) in [5.41, 5.74) is 5.85. The zero-order chi connectivity index (χ0) is 9.68. The van der Waals surface area contributed by atoms with E-state index < -0.39 is 0 Å². The minimum absolute atomic E-state index is 0.406. The molecule has 0 amide bonds. The van der Waals surface area contributed by atoms with Crippen LogP contribution in [0.5, 0.6) is 0 Å². The van der Waals surface area contributed by atoms with Crippen LogP contribution in [-0.2, 0) is 0 Å². The molecule has 0 saturated heterocycles. The third-order valence-electron chi connectivity index (χ3n) is 2.75. The number of hydrogen-bond donors (Lipinski definition) is 1. The Morgan fingerprint density at radius 2 is 1.69 bits per heavy atom. The average molecular weight is 182 g/mol. The summed E-state index contributed by atoms with van der Waals surface area (Å²) in [6, 6.07) is 0.518. The molecule has 2 N–H and O–H groups in total. The van der Waals surface area contributed by atoms with Crippen molar-refractivity contribution in [3.8, 4) is 0 Å². The zero-order valence-electron chi connectivity index (χ0n) is 8.92. The third kappa shape index (κ3) is 3.79. The maximum absolute atomic E-state index is 5.85. The first kappa shape index (κ1) is 10.6. The molecule has 1 rings (SSSR count). The minimum Gasteiger partial charge on any atom is -0.387 e. The van der Waals surface area contributed by atoms with Crippen LogP contribution in [0.15, 0.2) is 4.99 Å². The molecule has 0 aliphatic heterocycles. The molecule has 0 radical (unpaired) electrons. The number of amidine groups is 1.